The third kappa shape index (κ3) is 3.84. The molecule has 3 heteroatoms. The molecular formula is C17H30N2S. The van der Waals surface area contributed by atoms with E-state index >= 15 is 0 Å². The number of rotatable bonds is 5. The molecule has 114 valence electrons. The van der Waals surface area contributed by atoms with Crippen molar-refractivity contribution in [3.63, 3.8) is 0 Å². The van der Waals surface area contributed by atoms with Crippen molar-refractivity contribution in [2.75, 3.05) is 13.1 Å². The molecule has 0 saturated carbocycles. The van der Waals surface area contributed by atoms with Gasteiger partial charge in [-0.15, -0.1) is 11.3 Å². The fourth-order valence-corrected chi connectivity index (χ4v) is 4.09. The Morgan fingerprint density at radius 2 is 1.75 bits per heavy atom. The van der Waals surface area contributed by atoms with Crippen molar-refractivity contribution in [2.24, 2.45) is 5.73 Å². The minimum Gasteiger partial charge on any atom is -0.326 e. The van der Waals surface area contributed by atoms with Gasteiger partial charge in [-0.2, -0.15) is 0 Å². The van der Waals surface area contributed by atoms with Crippen molar-refractivity contribution in [3.05, 3.63) is 21.9 Å². The van der Waals surface area contributed by atoms with Crippen LogP contribution in [0.25, 0.3) is 0 Å². The Morgan fingerprint density at radius 3 is 2.30 bits per heavy atom. The molecule has 20 heavy (non-hydrogen) atoms. The zero-order chi connectivity index (χ0) is 14.6. The van der Waals surface area contributed by atoms with Crippen LogP contribution in [0.4, 0.5) is 0 Å². The second kappa shape index (κ2) is 7.06. The number of hydrogen-bond donors (Lipinski definition) is 1. The third-order valence-electron chi connectivity index (χ3n) is 4.82. The molecule has 0 radical (unpaired) electrons. The van der Waals surface area contributed by atoms with Crippen LogP contribution in [0.15, 0.2) is 12.1 Å². The summed E-state index contributed by atoms with van der Waals surface area (Å²) < 4.78 is 0. The van der Waals surface area contributed by atoms with Crippen molar-refractivity contribution < 1.29 is 0 Å². The number of nitrogens with two attached hydrogens (primary N) is 1. The first kappa shape index (κ1) is 16.0. The maximum Gasteiger partial charge on any atom is 0.0307 e. The van der Waals surface area contributed by atoms with Gasteiger partial charge in [-0.1, -0.05) is 19.8 Å². The molecule has 0 bridgehead atoms. The number of nitrogens with zero attached hydrogens (tertiary/aromatic N) is 1. The lowest BCUT2D eigenvalue weighted by molar-refractivity contribution is 0.0982. The maximum absolute atomic E-state index is 6.58. The fraction of sp³-hybridized carbons (Fsp3) is 0.765. The van der Waals surface area contributed by atoms with E-state index in [1.54, 1.807) is 0 Å². The predicted octanol–water partition coefficient (Wildman–Crippen LogP) is 3.83. The molecule has 1 aromatic rings. The summed E-state index contributed by atoms with van der Waals surface area (Å²) in [7, 11) is 0. The monoisotopic (exact) mass is 294 g/mol. The number of thiophene rings is 1. The summed E-state index contributed by atoms with van der Waals surface area (Å²) in [6, 6.07) is 4.73. The molecule has 1 saturated heterocycles. The minimum absolute atomic E-state index is 0.0979. The van der Waals surface area contributed by atoms with E-state index in [2.05, 4.69) is 37.8 Å². The molecule has 0 spiro atoms. The Morgan fingerprint density at radius 1 is 1.15 bits per heavy atom. The van der Waals surface area contributed by atoms with E-state index in [1.165, 1.54) is 48.5 Å². The SMILES string of the molecule is CCc1ccc(CC(N)C(C)(C)N2CCCCCC2)s1. The summed E-state index contributed by atoms with van der Waals surface area (Å²) >= 11 is 1.93. The molecule has 2 N–H and O–H groups in total. The Hall–Kier alpha value is -0.380. The van der Waals surface area contributed by atoms with E-state index in [0.717, 1.165) is 12.8 Å². The number of aryl methyl sites for hydroxylation is 1. The van der Waals surface area contributed by atoms with Crippen molar-refractivity contribution in [1.29, 1.82) is 0 Å². The second-order valence-corrected chi connectivity index (χ2v) is 7.84. The standard InChI is InChI=1S/C17H30N2S/c1-4-14-9-10-15(20-14)13-16(18)17(2,3)19-11-7-5-6-8-12-19/h9-10,16H,4-8,11-13,18H2,1-3H3. The average Bonchev–Trinajstić information content (AvgIpc) is 2.70. The Kier molecular flexibility index (Phi) is 5.65. The van der Waals surface area contributed by atoms with E-state index in [4.69, 9.17) is 5.73 Å². The first-order valence-corrected chi connectivity index (χ1v) is 8.94. The lowest BCUT2D eigenvalue weighted by Crippen LogP contribution is -2.57. The van der Waals surface area contributed by atoms with Gasteiger partial charge in [0.15, 0.2) is 0 Å². The lowest BCUT2D eigenvalue weighted by atomic mass is 9.90. The zero-order valence-electron chi connectivity index (χ0n) is 13.3. The summed E-state index contributed by atoms with van der Waals surface area (Å²) in [5, 5.41) is 0. The van der Waals surface area contributed by atoms with Gasteiger partial charge < -0.3 is 5.73 Å². The molecule has 2 rings (SSSR count). The molecule has 1 unspecified atom stereocenters. The zero-order valence-corrected chi connectivity index (χ0v) is 14.1. The van der Waals surface area contributed by atoms with Crippen LogP contribution in [0.1, 0.15) is 56.2 Å². The van der Waals surface area contributed by atoms with Crippen molar-refractivity contribution >= 4 is 11.3 Å². The van der Waals surface area contributed by atoms with Crippen LogP contribution in [0.2, 0.25) is 0 Å². The highest BCUT2D eigenvalue weighted by Gasteiger charge is 2.33. The van der Waals surface area contributed by atoms with E-state index < -0.39 is 0 Å². The molecule has 1 fully saturated rings. The molecule has 1 atom stereocenters. The quantitative estimate of drug-likeness (QED) is 0.894. The topological polar surface area (TPSA) is 29.3 Å². The molecular weight excluding hydrogens is 264 g/mol. The van der Waals surface area contributed by atoms with Gasteiger partial charge in [0.2, 0.25) is 0 Å². The summed E-state index contributed by atoms with van der Waals surface area (Å²) in [5.74, 6) is 0. The van der Waals surface area contributed by atoms with Crippen LogP contribution in [-0.2, 0) is 12.8 Å². The van der Waals surface area contributed by atoms with E-state index in [-0.39, 0.29) is 11.6 Å². The first-order valence-electron chi connectivity index (χ1n) is 8.12. The molecule has 0 aliphatic carbocycles. The third-order valence-corrected chi connectivity index (χ3v) is 6.07. The summed E-state index contributed by atoms with van der Waals surface area (Å²) in [6.07, 6.45) is 7.56. The Labute approximate surface area is 128 Å². The number of likely N-dealkylation sites (tertiary alicyclic amines) is 1. The van der Waals surface area contributed by atoms with Crippen molar-refractivity contribution in [1.82, 2.24) is 4.90 Å². The van der Waals surface area contributed by atoms with E-state index in [9.17, 15) is 0 Å². The van der Waals surface area contributed by atoms with Gasteiger partial charge in [0.1, 0.15) is 0 Å². The van der Waals surface area contributed by atoms with Crippen LogP contribution < -0.4 is 5.73 Å². The van der Waals surface area contributed by atoms with Gasteiger partial charge in [0.05, 0.1) is 0 Å². The van der Waals surface area contributed by atoms with Gasteiger partial charge in [0.25, 0.3) is 0 Å². The molecule has 0 amide bonds. The largest absolute Gasteiger partial charge is 0.326 e. The molecule has 2 nitrogen and oxygen atoms in total. The Balaban J connectivity index is 1.99. The van der Waals surface area contributed by atoms with E-state index in [0.29, 0.717) is 0 Å². The summed E-state index contributed by atoms with van der Waals surface area (Å²) in [5.41, 5.74) is 6.68. The van der Waals surface area contributed by atoms with Gasteiger partial charge in [-0.3, -0.25) is 4.90 Å². The van der Waals surface area contributed by atoms with Crippen molar-refractivity contribution in [3.8, 4) is 0 Å². The lowest BCUT2D eigenvalue weighted by Gasteiger charge is -2.42. The average molecular weight is 295 g/mol. The number of hydrogen-bond acceptors (Lipinski definition) is 3. The van der Waals surface area contributed by atoms with Crippen LogP contribution in [0.3, 0.4) is 0 Å². The fourth-order valence-electron chi connectivity index (χ4n) is 3.07. The Bertz CT molecular complexity index is 403. The molecule has 0 aromatic carbocycles. The van der Waals surface area contributed by atoms with Gasteiger partial charge in [-0.05, 0) is 64.8 Å². The first-order chi connectivity index (χ1) is 9.54. The van der Waals surface area contributed by atoms with Crippen LogP contribution in [0.5, 0.6) is 0 Å². The van der Waals surface area contributed by atoms with E-state index in [1.807, 2.05) is 11.3 Å². The molecule has 1 aliphatic heterocycles. The molecule has 2 heterocycles. The highest BCUT2D eigenvalue weighted by molar-refractivity contribution is 7.11. The normalized spacial score (nSPS) is 19.8. The summed E-state index contributed by atoms with van der Waals surface area (Å²) in [4.78, 5) is 5.54. The predicted molar refractivity (Wildman–Crippen MR) is 89.5 cm³/mol. The van der Waals surface area contributed by atoms with Crippen LogP contribution >= 0.6 is 11.3 Å². The van der Waals surface area contributed by atoms with Gasteiger partial charge in [-0.25, -0.2) is 0 Å². The molecule has 1 aliphatic rings. The maximum atomic E-state index is 6.58. The van der Waals surface area contributed by atoms with Crippen LogP contribution in [-0.4, -0.2) is 29.6 Å². The molecule has 1 aromatic heterocycles. The summed E-state index contributed by atoms with van der Waals surface area (Å²) in [6.45, 7) is 9.31. The minimum atomic E-state index is 0.0979. The van der Waals surface area contributed by atoms with Gasteiger partial charge >= 0.3 is 0 Å². The highest BCUT2D eigenvalue weighted by atomic mass is 32.1. The van der Waals surface area contributed by atoms with Gasteiger partial charge in [0, 0.05) is 21.3 Å². The smallest absolute Gasteiger partial charge is 0.0307 e. The second-order valence-electron chi connectivity index (χ2n) is 6.59. The van der Waals surface area contributed by atoms with Crippen molar-refractivity contribution in [2.45, 2.75) is 70.9 Å². The van der Waals surface area contributed by atoms with Crippen LogP contribution in [0, 0.1) is 0 Å². The highest BCUT2D eigenvalue weighted by Crippen LogP contribution is 2.26.